The molecule has 2 aliphatic heterocycles. The second-order valence-corrected chi connectivity index (χ2v) is 8.00. The molecule has 0 aliphatic carbocycles. The monoisotopic (exact) mass is 400 g/mol. The van der Waals surface area contributed by atoms with E-state index in [1.165, 1.54) is 6.26 Å². The summed E-state index contributed by atoms with van der Waals surface area (Å²) in [7, 11) is 0. The predicted octanol–water partition coefficient (Wildman–Crippen LogP) is 2.03. The molecule has 4 rings (SSSR count). The lowest BCUT2D eigenvalue weighted by Gasteiger charge is -2.33. The van der Waals surface area contributed by atoms with Crippen LogP contribution >= 0.6 is 11.8 Å². The van der Waals surface area contributed by atoms with Crippen LogP contribution in [0, 0.1) is 0 Å². The minimum atomic E-state index is -0.682. The third kappa shape index (κ3) is 3.40. The SMILES string of the molecule is O=C(COC(=O)[C@H]1CS[C@@]2(c3ccccc3)CCC(=O)N12)NCc1ccco1. The van der Waals surface area contributed by atoms with Crippen molar-refractivity contribution in [1.82, 2.24) is 10.2 Å². The lowest BCUT2D eigenvalue weighted by atomic mass is 10.0. The number of nitrogens with zero attached hydrogens (tertiary/aromatic N) is 1. The average molecular weight is 400 g/mol. The Bertz CT molecular complexity index is 870. The maximum Gasteiger partial charge on any atom is 0.330 e. The summed E-state index contributed by atoms with van der Waals surface area (Å²) in [6.45, 7) is -0.161. The van der Waals surface area contributed by atoms with Crippen LogP contribution in [-0.4, -0.2) is 41.1 Å². The van der Waals surface area contributed by atoms with Crippen molar-refractivity contribution in [2.24, 2.45) is 0 Å². The van der Waals surface area contributed by atoms with E-state index in [0.717, 1.165) is 5.56 Å². The third-order valence-corrected chi connectivity index (χ3v) is 6.61. The molecule has 0 radical (unpaired) electrons. The van der Waals surface area contributed by atoms with Gasteiger partial charge in [0, 0.05) is 12.2 Å². The molecule has 1 N–H and O–H groups in total. The lowest BCUT2D eigenvalue weighted by molar-refractivity contribution is -0.156. The van der Waals surface area contributed by atoms with Gasteiger partial charge in [0.25, 0.3) is 5.91 Å². The molecule has 2 amide bonds. The summed E-state index contributed by atoms with van der Waals surface area (Å²) < 4.78 is 10.3. The van der Waals surface area contributed by atoms with Crippen molar-refractivity contribution in [3.63, 3.8) is 0 Å². The van der Waals surface area contributed by atoms with Crippen LogP contribution in [0.2, 0.25) is 0 Å². The Morgan fingerprint density at radius 3 is 2.82 bits per heavy atom. The Labute approximate surface area is 166 Å². The molecule has 2 fully saturated rings. The summed E-state index contributed by atoms with van der Waals surface area (Å²) >= 11 is 1.59. The van der Waals surface area contributed by atoms with Crippen LogP contribution in [0.15, 0.2) is 53.1 Å². The van der Waals surface area contributed by atoms with Crippen LogP contribution in [0.1, 0.15) is 24.2 Å². The van der Waals surface area contributed by atoms with Crippen LogP contribution in [0.4, 0.5) is 0 Å². The minimum Gasteiger partial charge on any atom is -0.467 e. The molecule has 2 aliphatic rings. The maximum atomic E-state index is 12.6. The van der Waals surface area contributed by atoms with E-state index in [4.69, 9.17) is 9.15 Å². The first-order valence-corrected chi connectivity index (χ1v) is 10.1. The van der Waals surface area contributed by atoms with Gasteiger partial charge in [0.2, 0.25) is 5.91 Å². The Kier molecular flexibility index (Phi) is 5.13. The van der Waals surface area contributed by atoms with Crippen molar-refractivity contribution in [1.29, 1.82) is 0 Å². The van der Waals surface area contributed by atoms with Gasteiger partial charge in [-0.15, -0.1) is 11.8 Å². The van der Waals surface area contributed by atoms with E-state index in [2.05, 4.69) is 5.32 Å². The molecule has 146 valence electrons. The molecule has 2 atom stereocenters. The van der Waals surface area contributed by atoms with E-state index in [-0.39, 0.29) is 19.1 Å². The van der Waals surface area contributed by atoms with Gasteiger partial charge < -0.3 is 19.4 Å². The smallest absolute Gasteiger partial charge is 0.330 e. The van der Waals surface area contributed by atoms with Crippen molar-refractivity contribution in [3.05, 3.63) is 60.1 Å². The second kappa shape index (κ2) is 7.71. The Hall–Kier alpha value is -2.74. The highest BCUT2D eigenvalue weighted by atomic mass is 32.2. The Morgan fingerprint density at radius 2 is 2.07 bits per heavy atom. The molecule has 0 saturated carbocycles. The zero-order valence-corrected chi connectivity index (χ0v) is 15.9. The first-order chi connectivity index (χ1) is 13.6. The number of fused-ring (bicyclic) bond motifs is 1. The zero-order valence-electron chi connectivity index (χ0n) is 15.1. The van der Waals surface area contributed by atoms with E-state index in [9.17, 15) is 14.4 Å². The fourth-order valence-corrected chi connectivity index (χ4v) is 5.33. The number of hydrogen-bond donors (Lipinski definition) is 1. The van der Waals surface area contributed by atoms with Gasteiger partial charge >= 0.3 is 5.97 Å². The molecule has 0 bridgehead atoms. The summed E-state index contributed by atoms with van der Waals surface area (Å²) in [5.41, 5.74) is 1.01. The number of nitrogens with one attached hydrogen (secondary N) is 1. The molecular weight excluding hydrogens is 380 g/mol. The van der Waals surface area contributed by atoms with Crippen LogP contribution < -0.4 is 5.32 Å². The van der Waals surface area contributed by atoms with Crippen molar-refractivity contribution >= 4 is 29.5 Å². The van der Waals surface area contributed by atoms with Gasteiger partial charge in [-0.25, -0.2) is 4.79 Å². The molecule has 0 unspecified atom stereocenters. The molecule has 0 spiro atoms. The number of amides is 2. The molecule has 2 saturated heterocycles. The fraction of sp³-hybridized carbons (Fsp3) is 0.350. The van der Waals surface area contributed by atoms with Gasteiger partial charge in [0.1, 0.15) is 16.7 Å². The van der Waals surface area contributed by atoms with Crippen molar-refractivity contribution in [3.8, 4) is 0 Å². The largest absolute Gasteiger partial charge is 0.467 e. The molecule has 1 aromatic carbocycles. The molecular formula is C20H20N2O5S. The van der Waals surface area contributed by atoms with Gasteiger partial charge in [-0.1, -0.05) is 30.3 Å². The standard InChI is InChI=1S/C20H20N2O5S/c23-17(21-11-15-7-4-10-26-15)12-27-19(25)16-13-28-20(9-8-18(24)22(16)20)14-5-2-1-3-6-14/h1-7,10,16H,8-9,11-13H2,(H,21,23)/t16-,20-/m1/s1. The van der Waals surface area contributed by atoms with Crippen molar-refractivity contribution in [2.45, 2.75) is 30.3 Å². The predicted molar refractivity (Wildman–Crippen MR) is 102 cm³/mol. The van der Waals surface area contributed by atoms with Crippen molar-refractivity contribution < 1.29 is 23.5 Å². The van der Waals surface area contributed by atoms with Crippen LogP contribution in [0.5, 0.6) is 0 Å². The topological polar surface area (TPSA) is 88.9 Å². The number of rotatable bonds is 6. The first-order valence-electron chi connectivity index (χ1n) is 9.07. The highest BCUT2D eigenvalue weighted by Gasteiger charge is 2.57. The number of benzene rings is 1. The minimum absolute atomic E-state index is 0.0573. The highest BCUT2D eigenvalue weighted by molar-refractivity contribution is 8.00. The average Bonchev–Trinajstić information content (AvgIpc) is 3.43. The van der Waals surface area contributed by atoms with E-state index in [1.807, 2.05) is 30.3 Å². The maximum absolute atomic E-state index is 12.6. The normalized spacial score (nSPS) is 23.5. The van der Waals surface area contributed by atoms with E-state index in [1.54, 1.807) is 28.8 Å². The van der Waals surface area contributed by atoms with Gasteiger partial charge in [0.15, 0.2) is 6.61 Å². The summed E-state index contributed by atoms with van der Waals surface area (Å²) in [5, 5.41) is 2.62. The van der Waals surface area contributed by atoms with Gasteiger partial charge in [-0.3, -0.25) is 9.59 Å². The summed E-state index contributed by atoms with van der Waals surface area (Å²) in [5.74, 6) is 0.0412. The number of carbonyl (C=O) groups excluding carboxylic acids is 3. The fourth-order valence-electron chi connectivity index (χ4n) is 3.70. The van der Waals surface area contributed by atoms with Crippen LogP contribution in [-0.2, 0) is 30.5 Å². The summed E-state index contributed by atoms with van der Waals surface area (Å²) in [6.07, 6.45) is 2.58. The van der Waals surface area contributed by atoms with E-state index >= 15 is 0 Å². The molecule has 7 nitrogen and oxygen atoms in total. The third-order valence-electron chi connectivity index (χ3n) is 5.01. The number of furan rings is 1. The second-order valence-electron chi connectivity index (χ2n) is 6.70. The molecule has 8 heteroatoms. The Morgan fingerprint density at radius 1 is 1.25 bits per heavy atom. The van der Waals surface area contributed by atoms with Gasteiger partial charge in [0.05, 0.1) is 12.8 Å². The first kappa shape index (κ1) is 18.6. The molecule has 2 aromatic rings. The highest BCUT2D eigenvalue weighted by Crippen LogP contribution is 2.54. The lowest BCUT2D eigenvalue weighted by Crippen LogP contribution is -2.47. The zero-order chi connectivity index (χ0) is 19.6. The van der Waals surface area contributed by atoms with Crippen LogP contribution in [0.25, 0.3) is 0 Å². The quantitative estimate of drug-likeness (QED) is 0.747. The number of thioether (sulfide) groups is 1. The molecule has 28 heavy (non-hydrogen) atoms. The number of carbonyl (C=O) groups is 3. The van der Waals surface area contributed by atoms with Gasteiger partial charge in [-0.05, 0) is 24.1 Å². The van der Waals surface area contributed by atoms with Crippen LogP contribution in [0.3, 0.4) is 0 Å². The van der Waals surface area contributed by atoms with Gasteiger partial charge in [-0.2, -0.15) is 0 Å². The van der Waals surface area contributed by atoms with Crippen molar-refractivity contribution in [2.75, 3.05) is 12.4 Å². The molecule has 3 heterocycles. The van der Waals surface area contributed by atoms with E-state index in [0.29, 0.717) is 24.4 Å². The number of hydrogen-bond acceptors (Lipinski definition) is 6. The number of ether oxygens (including phenoxy) is 1. The summed E-state index contributed by atoms with van der Waals surface area (Å²) in [6, 6.07) is 12.5. The summed E-state index contributed by atoms with van der Waals surface area (Å²) in [4.78, 5) is 38.2. The number of esters is 1. The molecule has 1 aromatic heterocycles. The Balaban J connectivity index is 1.38. The van der Waals surface area contributed by atoms with E-state index < -0.39 is 22.8 Å².